The second-order valence-corrected chi connectivity index (χ2v) is 9.01. The number of hydrogen-bond acceptors (Lipinski definition) is 4. The fourth-order valence-electron chi connectivity index (χ4n) is 3.89. The van der Waals surface area contributed by atoms with E-state index in [1.165, 1.54) is 0 Å². The van der Waals surface area contributed by atoms with E-state index >= 15 is 0 Å². The molecular formula is C20H37IN4O2S. The number of likely N-dealkylation sites (N-methyl/N-ethyl adjacent to an activating group) is 1. The Balaban J connectivity index is 0.00000392. The molecule has 2 N–H and O–H groups in total. The highest BCUT2D eigenvalue weighted by Gasteiger charge is 2.26. The van der Waals surface area contributed by atoms with Crippen LogP contribution in [-0.2, 0) is 10.8 Å². The maximum absolute atomic E-state index is 12.2. The third-order valence-electron chi connectivity index (χ3n) is 5.43. The number of nitrogens with one attached hydrogen (secondary N) is 2. The number of halogens is 1. The Kier molecular flexibility index (Phi) is 12.3. The van der Waals surface area contributed by atoms with E-state index in [1.807, 2.05) is 19.1 Å². The number of furan rings is 1. The van der Waals surface area contributed by atoms with Crippen LogP contribution in [0.4, 0.5) is 0 Å². The highest BCUT2D eigenvalue weighted by molar-refractivity contribution is 14.0. The third-order valence-corrected chi connectivity index (χ3v) is 7.18. The third kappa shape index (κ3) is 7.33. The van der Waals surface area contributed by atoms with Gasteiger partial charge < -0.3 is 15.1 Å². The van der Waals surface area contributed by atoms with Crippen molar-refractivity contribution in [1.29, 1.82) is 0 Å². The molecule has 1 saturated carbocycles. The van der Waals surface area contributed by atoms with Gasteiger partial charge in [0.05, 0.1) is 12.3 Å². The predicted octanol–water partition coefficient (Wildman–Crippen LogP) is 3.53. The number of rotatable bonds is 9. The first-order chi connectivity index (χ1) is 13.1. The van der Waals surface area contributed by atoms with Crippen molar-refractivity contribution in [2.45, 2.75) is 63.8 Å². The second kappa shape index (κ2) is 13.6. The SMILES string of the molecule is CCN(CC)C(CNC(=NC)NC1CCCC(S(=O)CC)C1)c1ccco1.I. The standard InChI is InChI=1S/C20H36N4O2S.HI/c1-5-24(6-2)18(19-12-9-13-26-19)15-22-20(21-4)23-16-10-8-11-17(14-16)27(25)7-3;/h9,12-13,16-18H,5-8,10-11,14-15H2,1-4H3,(H2,21,22,23);1H. The van der Waals surface area contributed by atoms with Crippen LogP contribution in [0.25, 0.3) is 0 Å². The van der Waals surface area contributed by atoms with Gasteiger partial charge in [0.15, 0.2) is 5.96 Å². The lowest BCUT2D eigenvalue weighted by Crippen LogP contribution is -2.48. The minimum atomic E-state index is -0.710. The quantitative estimate of drug-likeness (QED) is 0.294. The Morgan fingerprint density at radius 1 is 1.36 bits per heavy atom. The average molecular weight is 525 g/mol. The lowest BCUT2D eigenvalue weighted by Gasteiger charge is -2.32. The summed E-state index contributed by atoms with van der Waals surface area (Å²) in [5.74, 6) is 2.53. The lowest BCUT2D eigenvalue weighted by atomic mass is 9.95. The molecule has 4 unspecified atom stereocenters. The van der Waals surface area contributed by atoms with E-state index in [0.29, 0.717) is 11.3 Å². The van der Waals surface area contributed by atoms with E-state index in [0.717, 1.165) is 62.8 Å². The molecule has 1 fully saturated rings. The summed E-state index contributed by atoms with van der Waals surface area (Å²) in [6, 6.07) is 4.47. The summed E-state index contributed by atoms with van der Waals surface area (Å²) in [5, 5.41) is 7.33. The van der Waals surface area contributed by atoms with Gasteiger partial charge in [-0.2, -0.15) is 0 Å². The molecule has 1 aliphatic carbocycles. The molecule has 162 valence electrons. The largest absolute Gasteiger partial charge is 0.468 e. The summed E-state index contributed by atoms with van der Waals surface area (Å²) < 4.78 is 17.8. The van der Waals surface area contributed by atoms with Crippen molar-refractivity contribution in [2.75, 3.05) is 32.4 Å². The molecule has 1 heterocycles. The van der Waals surface area contributed by atoms with Crippen molar-refractivity contribution in [3.05, 3.63) is 24.2 Å². The zero-order valence-corrected chi connectivity index (χ0v) is 20.8. The zero-order valence-electron chi connectivity index (χ0n) is 17.6. The van der Waals surface area contributed by atoms with Crippen LogP contribution in [0.3, 0.4) is 0 Å². The molecule has 4 atom stereocenters. The summed E-state index contributed by atoms with van der Waals surface area (Å²) >= 11 is 0. The number of nitrogens with zero attached hydrogens (tertiary/aromatic N) is 2. The van der Waals surface area contributed by atoms with Crippen LogP contribution in [0.15, 0.2) is 27.8 Å². The first-order valence-electron chi connectivity index (χ1n) is 10.2. The minimum Gasteiger partial charge on any atom is -0.468 e. The molecule has 1 aromatic rings. The monoisotopic (exact) mass is 524 g/mol. The Morgan fingerprint density at radius 3 is 2.68 bits per heavy atom. The van der Waals surface area contributed by atoms with E-state index in [2.05, 4.69) is 34.4 Å². The molecule has 28 heavy (non-hydrogen) atoms. The van der Waals surface area contributed by atoms with Crippen LogP contribution >= 0.6 is 24.0 Å². The van der Waals surface area contributed by atoms with Crippen LogP contribution in [0.5, 0.6) is 0 Å². The molecule has 6 nitrogen and oxygen atoms in total. The predicted molar refractivity (Wildman–Crippen MR) is 129 cm³/mol. The Labute approximate surface area is 189 Å². The van der Waals surface area contributed by atoms with E-state index in [-0.39, 0.29) is 30.0 Å². The van der Waals surface area contributed by atoms with Crippen LogP contribution in [-0.4, -0.2) is 58.8 Å². The molecule has 0 radical (unpaired) electrons. The minimum absolute atomic E-state index is 0. The van der Waals surface area contributed by atoms with E-state index in [1.54, 1.807) is 13.3 Å². The van der Waals surface area contributed by atoms with Crippen molar-refractivity contribution in [3.8, 4) is 0 Å². The van der Waals surface area contributed by atoms with Crippen molar-refractivity contribution in [3.63, 3.8) is 0 Å². The molecule has 1 aliphatic rings. The van der Waals surface area contributed by atoms with Gasteiger partial charge in [0.2, 0.25) is 0 Å². The van der Waals surface area contributed by atoms with Gasteiger partial charge in [-0.05, 0) is 44.5 Å². The molecule has 0 bridgehead atoms. The van der Waals surface area contributed by atoms with Crippen molar-refractivity contribution >= 4 is 40.7 Å². The van der Waals surface area contributed by atoms with E-state index in [4.69, 9.17) is 4.42 Å². The van der Waals surface area contributed by atoms with Gasteiger partial charge in [-0.15, -0.1) is 24.0 Å². The molecular weight excluding hydrogens is 487 g/mol. The van der Waals surface area contributed by atoms with Crippen LogP contribution in [0.2, 0.25) is 0 Å². The first-order valence-corrected chi connectivity index (χ1v) is 11.6. The highest BCUT2D eigenvalue weighted by atomic mass is 127. The highest BCUT2D eigenvalue weighted by Crippen LogP contribution is 2.23. The zero-order chi connectivity index (χ0) is 19.6. The van der Waals surface area contributed by atoms with Crippen molar-refractivity contribution in [2.24, 2.45) is 4.99 Å². The molecule has 0 aliphatic heterocycles. The lowest BCUT2D eigenvalue weighted by molar-refractivity contribution is 0.193. The molecule has 0 saturated heterocycles. The Hall–Kier alpha value is -0.610. The Bertz CT molecular complexity index is 593. The number of hydrogen-bond donors (Lipinski definition) is 2. The summed E-state index contributed by atoms with van der Waals surface area (Å²) in [5.41, 5.74) is 0. The van der Waals surface area contributed by atoms with Gasteiger partial charge in [-0.25, -0.2) is 0 Å². The molecule has 0 amide bonds. The summed E-state index contributed by atoms with van der Waals surface area (Å²) in [4.78, 5) is 6.78. The van der Waals surface area contributed by atoms with Gasteiger partial charge >= 0.3 is 0 Å². The topological polar surface area (TPSA) is 69.9 Å². The van der Waals surface area contributed by atoms with Crippen molar-refractivity contribution < 1.29 is 8.63 Å². The smallest absolute Gasteiger partial charge is 0.191 e. The van der Waals surface area contributed by atoms with Gasteiger partial charge in [-0.1, -0.05) is 27.2 Å². The van der Waals surface area contributed by atoms with Crippen LogP contribution in [0, 0.1) is 0 Å². The maximum Gasteiger partial charge on any atom is 0.191 e. The van der Waals surface area contributed by atoms with Crippen LogP contribution in [0.1, 0.15) is 58.3 Å². The van der Waals surface area contributed by atoms with E-state index < -0.39 is 10.8 Å². The fourth-order valence-corrected chi connectivity index (χ4v) is 5.23. The summed E-state index contributed by atoms with van der Waals surface area (Å²) in [6.07, 6.45) is 6.00. The molecule has 0 spiro atoms. The maximum atomic E-state index is 12.2. The summed E-state index contributed by atoms with van der Waals surface area (Å²) in [7, 11) is 1.09. The van der Waals surface area contributed by atoms with E-state index in [9.17, 15) is 4.21 Å². The molecule has 2 rings (SSSR count). The normalized spacial score (nSPS) is 22.4. The van der Waals surface area contributed by atoms with Gasteiger partial charge in [-0.3, -0.25) is 14.1 Å². The Morgan fingerprint density at radius 2 is 2.11 bits per heavy atom. The molecule has 0 aromatic carbocycles. The fraction of sp³-hybridized carbons (Fsp3) is 0.750. The first kappa shape index (κ1) is 25.4. The molecule has 8 heteroatoms. The summed E-state index contributed by atoms with van der Waals surface area (Å²) in [6.45, 7) is 9.00. The second-order valence-electron chi connectivity index (χ2n) is 7.00. The van der Waals surface area contributed by atoms with Gasteiger partial charge in [0, 0.05) is 41.4 Å². The van der Waals surface area contributed by atoms with Gasteiger partial charge in [0.1, 0.15) is 5.76 Å². The number of guanidine groups is 1. The molecule has 1 aromatic heterocycles. The van der Waals surface area contributed by atoms with Crippen molar-refractivity contribution in [1.82, 2.24) is 15.5 Å². The number of aliphatic imine (C=N–C) groups is 1. The average Bonchev–Trinajstić information content (AvgIpc) is 3.24. The van der Waals surface area contributed by atoms with Gasteiger partial charge in [0.25, 0.3) is 0 Å². The van der Waals surface area contributed by atoms with Crippen LogP contribution < -0.4 is 10.6 Å².